The van der Waals surface area contributed by atoms with Crippen LogP contribution >= 0.6 is 0 Å². The molecule has 1 saturated heterocycles. The van der Waals surface area contributed by atoms with Crippen molar-refractivity contribution in [3.05, 3.63) is 29.8 Å². The van der Waals surface area contributed by atoms with Gasteiger partial charge in [-0.1, -0.05) is 26.0 Å². The first-order chi connectivity index (χ1) is 11.4. The maximum atomic E-state index is 12.7. The van der Waals surface area contributed by atoms with Gasteiger partial charge in [-0.05, 0) is 36.5 Å². The maximum Gasteiger partial charge on any atom is 0.303 e. The number of hydrogen-bond acceptors (Lipinski definition) is 3. The van der Waals surface area contributed by atoms with E-state index in [0.717, 1.165) is 12.0 Å². The Labute approximate surface area is 141 Å². The van der Waals surface area contributed by atoms with E-state index in [1.165, 1.54) is 0 Å². The van der Waals surface area contributed by atoms with E-state index in [1.807, 2.05) is 19.9 Å². The van der Waals surface area contributed by atoms with Gasteiger partial charge in [0.15, 0.2) is 0 Å². The molecule has 0 bridgehead atoms. The van der Waals surface area contributed by atoms with Gasteiger partial charge >= 0.3 is 5.97 Å². The first kappa shape index (κ1) is 18.0. The number of amides is 2. The molecule has 1 aliphatic rings. The van der Waals surface area contributed by atoms with Crippen molar-refractivity contribution in [3.8, 4) is 0 Å². The Balaban J connectivity index is 2.07. The van der Waals surface area contributed by atoms with Crippen LogP contribution in [-0.2, 0) is 20.8 Å². The molecule has 0 aromatic heterocycles. The molecule has 130 valence electrons. The van der Waals surface area contributed by atoms with Crippen LogP contribution < -0.4 is 5.32 Å². The van der Waals surface area contributed by atoms with Crippen molar-refractivity contribution >= 4 is 23.5 Å². The summed E-state index contributed by atoms with van der Waals surface area (Å²) < 4.78 is 0. The molecule has 24 heavy (non-hydrogen) atoms. The predicted octanol–water partition coefficient (Wildman–Crippen LogP) is 2.29. The summed E-state index contributed by atoms with van der Waals surface area (Å²) >= 11 is 0. The van der Waals surface area contributed by atoms with Crippen LogP contribution in [0.25, 0.3) is 0 Å². The molecule has 1 atom stereocenters. The molecular formula is C18H24N2O4. The third-order valence-electron chi connectivity index (χ3n) is 4.17. The molecule has 0 radical (unpaired) electrons. The Morgan fingerprint density at radius 3 is 2.67 bits per heavy atom. The molecule has 6 nitrogen and oxygen atoms in total. The number of likely N-dealkylation sites (tertiary alicyclic amines) is 1. The Bertz CT molecular complexity index is 627. The second-order valence-electron chi connectivity index (χ2n) is 6.46. The van der Waals surface area contributed by atoms with Crippen molar-refractivity contribution in [2.75, 3.05) is 11.9 Å². The molecule has 0 aliphatic carbocycles. The molecule has 1 aromatic rings. The molecule has 0 spiro atoms. The molecule has 1 aromatic carbocycles. The topological polar surface area (TPSA) is 86.7 Å². The van der Waals surface area contributed by atoms with Gasteiger partial charge in [0.05, 0.1) is 0 Å². The molecule has 2 amide bonds. The van der Waals surface area contributed by atoms with Gasteiger partial charge in [-0.3, -0.25) is 14.4 Å². The van der Waals surface area contributed by atoms with Gasteiger partial charge in [-0.25, -0.2) is 0 Å². The van der Waals surface area contributed by atoms with Crippen LogP contribution in [0.5, 0.6) is 0 Å². The lowest BCUT2D eigenvalue weighted by Crippen LogP contribution is -2.47. The lowest BCUT2D eigenvalue weighted by Gasteiger charge is -2.29. The number of hydrogen-bond donors (Lipinski definition) is 2. The fraction of sp³-hybridized carbons (Fsp3) is 0.500. The summed E-state index contributed by atoms with van der Waals surface area (Å²) in [5, 5.41) is 11.6. The van der Waals surface area contributed by atoms with Crippen molar-refractivity contribution < 1.29 is 19.5 Å². The standard InChI is InChI=1S/C18H24N2O4/c1-12(2)17(20-10-4-7-15(20)21)18(24)19-14-6-3-5-13(11-14)8-9-16(22)23/h3,5-6,11-12,17H,4,7-10H2,1-2H3,(H,19,24)(H,22,23). The molecule has 1 aliphatic heterocycles. The van der Waals surface area contributed by atoms with E-state index in [0.29, 0.717) is 25.1 Å². The number of aliphatic carboxylic acids is 1. The Morgan fingerprint density at radius 2 is 2.08 bits per heavy atom. The maximum absolute atomic E-state index is 12.7. The smallest absolute Gasteiger partial charge is 0.303 e. The quantitative estimate of drug-likeness (QED) is 0.802. The van der Waals surface area contributed by atoms with Gasteiger partial charge in [-0.2, -0.15) is 0 Å². The second kappa shape index (κ2) is 7.95. The third kappa shape index (κ3) is 4.57. The van der Waals surface area contributed by atoms with E-state index in [-0.39, 0.29) is 24.2 Å². The van der Waals surface area contributed by atoms with Gasteiger partial charge in [0.2, 0.25) is 11.8 Å². The molecular weight excluding hydrogens is 308 g/mol. The van der Waals surface area contributed by atoms with Crippen LogP contribution in [-0.4, -0.2) is 40.4 Å². The number of carboxylic acid groups (broad SMARTS) is 1. The zero-order chi connectivity index (χ0) is 17.7. The number of carboxylic acids is 1. The number of nitrogens with one attached hydrogen (secondary N) is 1. The Hall–Kier alpha value is -2.37. The summed E-state index contributed by atoms with van der Waals surface area (Å²) in [7, 11) is 0. The zero-order valence-corrected chi connectivity index (χ0v) is 14.1. The highest BCUT2D eigenvalue weighted by molar-refractivity contribution is 5.97. The van der Waals surface area contributed by atoms with E-state index >= 15 is 0 Å². The molecule has 1 unspecified atom stereocenters. The van der Waals surface area contributed by atoms with Crippen molar-refractivity contribution in [1.29, 1.82) is 0 Å². The van der Waals surface area contributed by atoms with E-state index in [9.17, 15) is 14.4 Å². The van der Waals surface area contributed by atoms with Crippen molar-refractivity contribution in [2.45, 2.75) is 45.6 Å². The summed E-state index contributed by atoms with van der Waals surface area (Å²) in [6.45, 7) is 4.48. The van der Waals surface area contributed by atoms with Gasteiger partial charge in [0, 0.05) is 25.1 Å². The molecule has 2 rings (SSSR count). The SMILES string of the molecule is CC(C)C(C(=O)Nc1cccc(CCC(=O)O)c1)N1CCCC1=O. The number of rotatable bonds is 7. The summed E-state index contributed by atoms with van der Waals surface area (Å²) in [6, 6.07) is 6.69. The minimum atomic E-state index is -0.850. The summed E-state index contributed by atoms with van der Waals surface area (Å²) in [5.74, 6) is -1.01. The lowest BCUT2D eigenvalue weighted by molar-refractivity contribution is -0.137. The normalized spacial score (nSPS) is 15.6. The van der Waals surface area contributed by atoms with Crippen molar-refractivity contribution in [1.82, 2.24) is 4.90 Å². The van der Waals surface area contributed by atoms with E-state index in [2.05, 4.69) is 5.32 Å². The zero-order valence-electron chi connectivity index (χ0n) is 14.1. The summed E-state index contributed by atoms with van der Waals surface area (Å²) in [4.78, 5) is 37.0. The monoisotopic (exact) mass is 332 g/mol. The van der Waals surface area contributed by atoms with E-state index in [4.69, 9.17) is 5.11 Å². The average molecular weight is 332 g/mol. The largest absolute Gasteiger partial charge is 0.481 e. The number of anilines is 1. The molecule has 6 heteroatoms. The van der Waals surface area contributed by atoms with Gasteiger partial charge in [-0.15, -0.1) is 0 Å². The van der Waals surface area contributed by atoms with Crippen LogP contribution in [0.2, 0.25) is 0 Å². The van der Waals surface area contributed by atoms with E-state index in [1.54, 1.807) is 23.1 Å². The highest BCUT2D eigenvalue weighted by atomic mass is 16.4. The van der Waals surface area contributed by atoms with Crippen molar-refractivity contribution in [2.24, 2.45) is 5.92 Å². The minimum absolute atomic E-state index is 0.0160. The molecule has 1 heterocycles. The summed E-state index contributed by atoms with van der Waals surface area (Å²) in [6.07, 6.45) is 1.76. The van der Waals surface area contributed by atoms with Gasteiger partial charge < -0.3 is 15.3 Å². The second-order valence-corrected chi connectivity index (χ2v) is 6.46. The highest BCUT2D eigenvalue weighted by Crippen LogP contribution is 2.21. The van der Waals surface area contributed by atoms with E-state index < -0.39 is 12.0 Å². The van der Waals surface area contributed by atoms with Crippen LogP contribution in [0.15, 0.2) is 24.3 Å². The van der Waals surface area contributed by atoms with Crippen LogP contribution in [0.3, 0.4) is 0 Å². The average Bonchev–Trinajstić information content (AvgIpc) is 2.91. The molecule has 1 fully saturated rings. The number of aryl methyl sites for hydroxylation is 1. The Kier molecular flexibility index (Phi) is 5.95. The number of nitrogens with zero attached hydrogens (tertiary/aromatic N) is 1. The first-order valence-electron chi connectivity index (χ1n) is 8.29. The predicted molar refractivity (Wildman–Crippen MR) is 90.6 cm³/mol. The Morgan fingerprint density at radius 1 is 1.33 bits per heavy atom. The first-order valence-corrected chi connectivity index (χ1v) is 8.29. The fourth-order valence-electron chi connectivity index (χ4n) is 3.04. The fourth-order valence-corrected chi connectivity index (χ4v) is 3.04. The molecule has 0 saturated carbocycles. The summed E-state index contributed by atoms with van der Waals surface area (Å²) in [5.41, 5.74) is 1.48. The number of carbonyl (C=O) groups excluding carboxylic acids is 2. The highest BCUT2D eigenvalue weighted by Gasteiger charge is 2.34. The van der Waals surface area contributed by atoms with Crippen LogP contribution in [0.1, 0.15) is 38.7 Å². The van der Waals surface area contributed by atoms with Crippen molar-refractivity contribution in [3.63, 3.8) is 0 Å². The molecule has 2 N–H and O–H groups in total. The third-order valence-corrected chi connectivity index (χ3v) is 4.17. The lowest BCUT2D eigenvalue weighted by atomic mass is 10.0. The van der Waals surface area contributed by atoms with Gasteiger partial charge in [0.1, 0.15) is 6.04 Å². The van der Waals surface area contributed by atoms with Crippen LogP contribution in [0, 0.1) is 5.92 Å². The number of benzene rings is 1. The van der Waals surface area contributed by atoms with Gasteiger partial charge in [0.25, 0.3) is 0 Å². The minimum Gasteiger partial charge on any atom is -0.481 e. The number of carbonyl (C=O) groups is 3. The van der Waals surface area contributed by atoms with Crippen LogP contribution in [0.4, 0.5) is 5.69 Å².